The summed E-state index contributed by atoms with van der Waals surface area (Å²) in [7, 11) is 0. The summed E-state index contributed by atoms with van der Waals surface area (Å²) in [6.45, 7) is 4.77. The Morgan fingerprint density at radius 3 is 1.72 bits per heavy atom. The number of rotatable bonds is 5. The molecule has 1 aliphatic carbocycles. The normalized spacial score (nSPS) is 13.1. The Morgan fingerprint density at radius 1 is 0.468 bits per heavy atom. The van der Waals surface area contributed by atoms with Crippen molar-refractivity contribution in [1.29, 1.82) is 0 Å². The predicted octanol–water partition coefficient (Wildman–Crippen LogP) is 13.2. The van der Waals surface area contributed by atoms with Gasteiger partial charge in [0.05, 0.1) is 5.69 Å². The molecule has 1 aliphatic rings. The molecule has 1 aromatic heterocycles. The molecule has 0 radical (unpaired) electrons. The van der Waals surface area contributed by atoms with Crippen molar-refractivity contribution >= 4 is 48.6 Å². The molecule has 0 spiro atoms. The number of fused-ring (bicyclic) bond motifs is 6. The first-order valence-electron chi connectivity index (χ1n) is 16.3. The molecule has 47 heavy (non-hydrogen) atoms. The van der Waals surface area contributed by atoms with Gasteiger partial charge in [-0.25, -0.2) is 0 Å². The van der Waals surface area contributed by atoms with Crippen LogP contribution >= 0.6 is 11.3 Å². The lowest BCUT2D eigenvalue weighted by atomic mass is 9.82. The van der Waals surface area contributed by atoms with Crippen LogP contribution in [-0.4, -0.2) is 0 Å². The van der Waals surface area contributed by atoms with Crippen LogP contribution in [-0.2, 0) is 5.41 Å². The van der Waals surface area contributed by atoms with E-state index in [9.17, 15) is 0 Å². The van der Waals surface area contributed by atoms with Crippen molar-refractivity contribution in [1.82, 2.24) is 0 Å². The maximum atomic E-state index is 2.51. The molecule has 1 nitrogen and oxygen atoms in total. The molecule has 0 unspecified atom stereocenters. The van der Waals surface area contributed by atoms with Crippen molar-refractivity contribution in [3.05, 3.63) is 175 Å². The maximum absolute atomic E-state index is 2.51. The molecule has 0 fully saturated rings. The second-order valence-corrected chi connectivity index (χ2v) is 14.0. The van der Waals surface area contributed by atoms with Crippen LogP contribution in [0.15, 0.2) is 164 Å². The first-order valence-corrected chi connectivity index (χ1v) is 17.1. The Labute approximate surface area is 280 Å². The number of thiophene rings is 1. The zero-order valence-corrected chi connectivity index (χ0v) is 27.3. The van der Waals surface area contributed by atoms with Gasteiger partial charge in [-0.15, -0.1) is 11.3 Å². The first-order chi connectivity index (χ1) is 23.1. The second-order valence-electron chi connectivity index (χ2n) is 13.0. The predicted molar refractivity (Wildman–Crippen MR) is 202 cm³/mol. The molecule has 7 aromatic carbocycles. The lowest BCUT2D eigenvalue weighted by Gasteiger charge is -2.30. The third-order valence-corrected chi connectivity index (χ3v) is 11.0. The van der Waals surface area contributed by atoms with E-state index in [1.54, 1.807) is 0 Å². The van der Waals surface area contributed by atoms with Gasteiger partial charge >= 0.3 is 0 Å². The summed E-state index contributed by atoms with van der Waals surface area (Å²) in [6.07, 6.45) is 0. The molecule has 1 heterocycles. The number of para-hydroxylation sites is 1. The minimum Gasteiger partial charge on any atom is -0.309 e. The van der Waals surface area contributed by atoms with Crippen LogP contribution in [0.25, 0.3) is 53.6 Å². The van der Waals surface area contributed by atoms with Gasteiger partial charge in [-0.1, -0.05) is 135 Å². The largest absolute Gasteiger partial charge is 0.309 e. The van der Waals surface area contributed by atoms with Crippen molar-refractivity contribution in [2.75, 3.05) is 4.90 Å². The zero-order valence-electron chi connectivity index (χ0n) is 26.4. The van der Waals surface area contributed by atoms with E-state index in [4.69, 9.17) is 0 Å². The van der Waals surface area contributed by atoms with Crippen LogP contribution < -0.4 is 4.90 Å². The summed E-state index contributed by atoms with van der Waals surface area (Å²) in [5.74, 6) is 0. The average molecular weight is 620 g/mol. The van der Waals surface area contributed by atoms with E-state index in [1.165, 1.54) is 70.4 Å². The van der Waals surface area contributed by atoms with Gasteiger partial charge in [0.2, 0.25) is 0 Å². The van der Waals surface area contributed by atoms with Crippen LogP contribution in [0.5, 0.6) is 0 Å². The average Bonchev–Trinajstić information content (AvgIpc) is 3.61. The standard InChI is InChI=1S/C45H33NS/c1-45(2)38-21-13-12-20-36(38)42-39(45)29-41-43(37-28-33(24-27-40(37)47-41)31-16-8-4-9-17-31)44(42)46(34-18-10-5-11-19-34)35-25-22-32(23-26-35)30-14-6-3-7-15-30/h3-29H,1-2H3. The molecule has 0 N–H and O–H groups in total. The minimum atomic E-state index is -0.125. The third-order valence-electron chi connectivity index (χ3n) is 9.85. The van der Waals surface area contributed by atoms with E-state index in [0.717, 1.165) is 11.4 Å². The fourth-order valence-electron chi connectivity index (χ4n) is 7.53. The van der Waals surface area contributed by atoms with Gasteiger partial charge in [0.25, 0.3) is 0 Å². The van der Waals surface area contributed by atoms with Gasteiger partial charge in [0.15, 0.2) is 0 Å². The Kier molecular flexibility index (Phi) is 6.41. The molecule has 0 saturated carbocycles. The van der Waals surface area contributed by atoms with Gasteiger partial charge in [0, 0.05) is 42.5 Å². The van der Waals surface area contributed by atoms with Crippen LogP contribution in [0.3, 0.4) is 0 Å². The van der Waals surface area contributed by atoms with E-state index in [2.05, 4.69) is 183 Å². The molecule has 0 aliphatic heterocycles. The Balaban J connectivity index is 1.39. The molecular formula is C45H33NS. The van der Waals surface area contributed by atoms with Gasteiger partial charge in [0.1, 0.15) is 0 Å². The third kappa shape index (κ3) is 4.44. The Hall–Kier alpha value is -5.44. The fourth-order valence-corrected chi connectivity index (χ4v) is 8.66. The summed E-state index contributed by atoms with van der Waals surface area (Å²) < 4.78 is 2.63. The van der Waals surface area contributed by atoms with Crippen LogP contribution in [0, 0.1) is 0 Å². The molecule has 0 amide bonds. The highest BCUT2D eigenvalue weighted by Gasteiger charge is 2.39. The fraction of sp³-hybridized carbons (Fsp3) is 0.0667. The van der Waals surface area contributed by atoms with Crippen LogP contribution in [0.4, 0.5) is 17.1 Å². The Bertz CT molecular complexity index is 2400. The van der Waals surface area contributed by atoms with E-state index >= 15 is 0 Å². The number of nitrogens with zero attached hydrogens (tertiary/aromatic N) is 1. The number of hydrogen-bond donors (Lipinski definition) is 0. The van der Waals surface area contributed by atoms with Crippen molar-refractivity contribution in [2.45, 2.75) is 19.3 Å². The molecule has 0 saturated heterocycles. The van der Waals surface area contributed by atoms with Crippen LogP contribution in [0.1, 0.15) is 25.0 Å². The van der Waals surface area contributed by atoms with Gasteiger partial charge in [-0.2, -0.15) is 0 Å². The number of anilines is 3. The highest BCUT2D eigenvalue weighted by atomic mass is 32.1. The van der Waals surface area contributed by atoms with E-state index in [-0.39, 0.29) is 5.41 Å². The van der Waals surface area contributed by atoms with Crippen LogP contribution in [0.2, 0.25) is 0 Å². The van der Waals surface area contributed by atoms with E-state index < -0.39 is 0 Å². The number of hydrogen-bond acceptors (Lipinski definition) is 2. The van der Waals surface area contributed by atoms with Crippen molar-refractivity contribution in [3.8, 4) is 33.4 Å². The zero-order chi connectivity index (χ0) is 31.5. The summed E-state index contributed by atoms with van der Waals surface area (Å²) >= 11 is 1.91. The van der Waals surface area contributed by atoms with E-state index in [0.29, 0.717) is 0 Å². The molecule has 0 bridgehead atoms. The summed E-state index contributed by atoms with van der Waals surface area (Å²) in [6, 6.07) is 59.9. The smallest absolute Gasteiger partial charge is 0.0636 e. The Morgan fingerprint density at radius 2 is 1.02 bits per heavy atom. The highest BCUT2D eigenvalue weighted by molar-refractivity contribution is 7.26. The molecule has 0 atom stereocenters. The lowest BCUT2D eigenvalue weighted by Crippen LogP contribution is -2.16. The number of benzene rings is 7. The molecule has 8 aromatic rings. The van der Waals surface area contributed by atoms with Gasteiger partial charge in [-0.05, 0) is 81.4 Å². The first kappa shape index (κ1) is 27.8. The van der Waals surface area contributed by atoms with Gasteiger partial charge in [-0.3, -0.25) is 0 Å². The quantitative estimate of drug-likeness (QED) is 0.185. The maximum Gasteiger partial charge on any atom is 0.0636 e. The van der Waals surface area contributed by atoms with Crippen molar-refractivity contribution < 1.29 is 0 Å². The molecule has 9 rings (SSSR count). The lowest BCUT2D eigenvalue weighted by molar-refractivity contribution is 0.661. The molecule has 224 valence electrons. The highest BCUT2D eigenvalue weighted by Crippen LogP contribution is 2.58. The molecular weight excluding hydrogens is 587 g/mol. The molecule has 2 heteroatoms. The van der Waals surface area contributed by atoms with Crippen molar-refractivity contribution in [3.63, 3.8) is 0 Å². The summed E-state index contributed by atoms with van der Waals surface area (Å²) in [5, 5.41) is 2.61. The second kappa shape index (κ2) is 10.8. The monoisotopic (exact) mass is 619 g/mol. The summed E-state index contributed by atoms with van der Waals surface area (Å²) in [4.78, 5) is 2.51. The SMILES string of the molecule is CC1(C)c2ccccc2-c2c1cc1sc3ccc(-c4ccccc4)cc3c1c2N(c1ccccc1)c1ccc(-c2ccccc2)cc1. The summed E-state index contributed by atoms with van der Waals surface area (Å²) in [5.41, 5.74) is 13.8. The van der Waals surface area contributed by atoms with Gasteiger partial charge < -0.3 is 4.90 Å². The topological polar surface area (TPSA) is 3.24 Å². The minimum absolute atomic E-state index is 0.125. The van der Waals surface area contributed by atoms with Crippen molar-refractivity contribution in [2.24, 2.45) is 0 Å². The van der Waals surface area contributed by atoms with E-state index in [1.807, 2.05) is 11.3 Å².